The Morgan fingerprint density at radius 3 is 0.952 bits per heavy atom. The van der Waals surface area contributed by atoms with Crippen molar-refractivity contribution in [2.45, 2.75) is 431 Å². The van der Waals surface area contributed by atoms with Gasteiger partial charge < -0.3 is 20.3 Å². The van der Waals surface area contributed by atoms with Crippen LogP contribution in [-0.4, -0.2) is 47.4 Å². The molecule has 83 heavy (non-hydrogen) atoms. The zero-order chi connectivity index (χ0) is 59.9. The number of rotatable bonds is 71. The van der Waals surface area contributed by atoms with Gasteiger partial charge in [0.15, 0.2) is 0 Å². The summed E-state index contributed by atoms with van der Waals surface area (Å²) in [4.78, 5) is 24.6. The van der Waals surface area contributed by atoms with Crippen LogP contribution in [-0.2, 0) is 14.3 Å². The fraction of sp³-hybridized carbons (Fsp3) is 0.896. The van der Waals surface area contributed by atoms with Crippen LogP contribution in [0, 0.1) is 0 Å². The number of aliphatic hydroxyl groups excluding tert-OH is 2. The molecule has 0 aliphatic rings. The lowest BCUT2D eigenvalue weighted by molar-refractivity contribution is -0.143. The third-order valence-electron chi connectivity index (χ3n) is 17.7. The predicted molar refractivity (Wildman–Crippen MR) is 366 cm³/mol. The highest BCUT2D eigenvalue weighted by Crippen LogP contribution is 2.19. The Morgan fingerprint density at radius 1 is 0.337 bits per heavy atom. The molecule has 0 aliphatic carbocycles. The summed E-state index contributed by atoms with van der Waals surface area (Å²) in [7, 11) is 0. The van der Waals surface area contributed by atoms with Crippen LogP contribution in [0.1, 0.15) is 418 Å². The number of nitrogens with one attached hydrogen (secondary N) is 1. The van der Waals surface area contributed by atoms with Gasteiger partial charge in [-0.05, 0) is 57.8 Å². The quantitative estimate of drug-likeness (QED) is 0.0320. The van der Waals surface area contributed by atoms with E-state index in [4.69, 9.17) is 4.74 Å². The minimum atomic E-state index is -0.844. The zero-order valence-corrected chi connectivity index (χ0v) is 56.2. The van der Waals surface area contributed by atoms with Crippen molar-refractivity contribution in [2.75, 3.05) is 13.2 Å². The molecule has 2 unspecified atom stereocenters. The van der Waals surface area contributed by atoms with Crippen LogP contribution in [0.25, 0.3) is 0 Å². The molecule has 0 aromatic heterocycles. The number of carbonyl (C=O) groups is 2. The number of hydrogen-bond acceptors (Lipinski definition) is 5. The molecule has 0 saturated carbocycles. The lowest BCUT2D eigenvalue weighted by Gasteiger charge is -2.20. The van der Waals surface area contributed by atoms with Crippen molar-refractivity contribution in [2.24, 2.45) is 0 Å². The Kier molecular flexibility index (Phi) is 70.9. The lowest BCUT2D eigenvalue weighted by atomic mass is 10.0. The maximum atomic E-state index is 12.5. The summed E-state index contributed by atoms with van der Waals surface area (Å²) < 4.78 is 5.49. The Morgan fingerprint density at radius 2 is 0.614 bits per heavy atom. The summed E-state index contributed by atoms with van der Waals surface area (Å²) >= 11 is 0. The molecule has 490 valence electrons. The molecule has 6 heteroatoms. The summed E-state index contributed by atoms with van der Waals surface area (Å²) in [5.74, 6) is -0.0550. The van der Waals surface area contributed by atoms with E-state index in [1.807, 2.05) is 6.08 Å². The molecule has 1 amide bonds. The van der Waals surface area contributed by atoms with Crippen LogP contribution < -0.4 is 5.32 Å². The average Bonchev–Trinajstić information content (AvgIpc) is 3.49. The number of hydrogen-bond donors (Lipinski definition) is 3. The summed E-state index contributed by atoms with van der Waals surface area (Å²) in [5.41, 5.74) is 0. The average molecular weight is 1170 g/mol. The van der Waals surface area contributed by atoms with Crippen molar-refractivity contribution < 1.29 is 24.5 Å². The van der Waals surface area contributed by atoms with Gasteiger partial charge in [-0.1, -0.05) is 384 Å². The van der Waals surface area contributed by atoms with Gasteiger partial charge >= 0.3 is 5.97 Å². The first-order chi connectivity index (χ1) is 41.0. The number of aliphatic hydroxyl groups is 2. The summed E-state index contributed by atoms with van der Waals surface area (Å²) in [6, 6.07) is -0.627. The van der Waals surface area contributed by atoms with Gasteiger partial charge in [0.25, 0.3) is 0 Å². The maximum absolute atomic E-state index is 12.5. The lowest BCUT2D eigenvalue weighted by Crippen LogP contribution is -2.45. The molecule has 0 aliphatic heterocycles. The Hall–Kier alpha value is -1.92. The molecule has 0 radical (unpaired) electrons. The molecular formula is C77H147NO5. The van der Waals surface area contributed by atoms with Gasteiger partial charge in [-0.2, -0.15) is 0 Å². The van der Waals surface area contributed by atoms with Gasteiger partial charge in [-0.3, -0.25) is 9.59 Å². The zero-order valence-electron chi connectivity index (χ0n) is 56.2. The van der Waals surface area contributed by atoms with Crippen LogP contribution in [0.15, 0.2) is 36.5 Å². The van der Waals surface area contributed by atoms with Gasteiger partial charge in [-0.15, -0.1) is 0 Å². The minimum absolute atomic E-state index is 0.00504. The standard InChI is InChI=1S/C77H147NO5/c1-3-5-7-9-11-13-15-17-19-20-21-22-30-33-36-39-42-45-49-53-57-61-65-69-75(80)74(73-79)78-76(81)70-66-62-58-54-50-46-43-40-37-34-31-28-26-24-23-25-27-29-32-35-38-41-44-48-52-56-60-64-68-72-83-77(82)71-67-63-59-55-51-47-18-16-14-12-10-8-6-4-2/h10,12,16,18,65,69,74-75,79-80H,3-9,11,13-15,17,19-64,66-68,70-73H2,1-2H3,(H,78,81)/b12-10-,18-16-,69-65+. The smallest absolute Gasteiger partial charge is 0.305 e. The van der Waals surface area contributed by atoms with Crippen molar-refractivity contribution in [3.63, 3.8) is 0 Å². The van der Waals surface area contributed by atoms with E-state index in [1.165, 1.54) is 340 Å². The fourth-order valence-corrected chi connectivity index (χ4v) is 11.9. The van der Waals surface area contributed by atoms with Crippen molar-refractivity contribution in [3.8, 4) is 0 Å². The van der Waals surface area contributed by atoms with Gasteiger partial charge in [0.1, 0.15) is 0 Å². The molecule has 0 rings (SSSR count). The minimum Gasteiger partial charge on any atom is -0.466 e. The van der Waals surface area contributed by atoms with Crippen LogP contribution in [0.5, 0.6) is 0 Å². The summed E-state index contributed by atoms with van der Waals surface area (Å²) in [6.07, 6.45) is 93.9. The number of carbonyl (C=O) groups excluding carboxylic acids is 2. The number of allylic oxidation sites excluding steroid dienone is 5. The molecule has 0 aromatic carbocycles. The van der Waals surface area contributed by atoms with Gasteiger partial charge in [-0.25, -0.2) is 0 Å². The first-order valence-electron chi connectivity index (χ1n) is 37.8. The Balaban J connectivity index is 3.37. The van der Waals surface area contributed by atoms with Crippen molar-refractivity contribution in [1.29, 1.82) is 0 Å². The molecule has 3 N–H and O–H groups in total. The fourth-order valence-electron chi connectivity index (χ4n) is 11.9. The van der Waals surface area contributed by atoms with E-state index in [-0.39, 0.29) is 18.5 Å². The van der Waals surface area contributed by atoms with Crippen LogP contribution in [0.4, 0.5) is 0 Å². The molecule has 0 saturated heterocycles. The molecular weight excluding hydrogens is 1020 g/mol. The summed E-state index contributed by atoms with van der Waals surface area (Å²) in [5, 5.41) is 23.3. The van der Waals surface area contributed by atoms with Crippen molar-refractivity contribution in [1.82, 2.24) is 5.32 Å². The van der Waals surface area contributed by atoms with E-state index < -0.39 is 12.1 Å². The highest BCUT2D eigenvalue weighted by Gasteiger charge is 2.18. The van der Waals surface area contributed by atoms with Crippen molar-refractivity contribution >= 4 is 11.9 Å². The molecule has 2 atom stereocenters. The maximum Gasteiger partial charge on any atom is 0.305 e. The highest BCUT2D eigenvalue weighted by atomic mass is 16.5. The van der Waals surface area contributed by atoms with Gasteiger partial charge in [0.05, 0.1) is 25.4 Å². The number of unbranched alkanes of at least 4 members (excludes halogenated alkanes) is 56. The summed E-state index contributed by atoms with van der Waals surface area (Å²) in [6.45, 7) is 4.90. The molecule has 0 heterocycles. The van der Waals surface area contributed by atoms with Crippen LogP contribution in [0.2, 0.25) is 0 Å². The van der Waals surface area contributed by atoms with E-state index >= 15 is 0 Å². The van der Waals surface area contributed by atoms with Gasteiger partial charge in [0, 0.05) is 12.8 Å². The van der Waals surface area contributed by atoms with Gasteiger partial charge in [0.2, 0.25) is 5.91 Å². The molecule has 0 aromatic rings. The van der Waals surface area contributed by atoms with Crippen LogP contribution in [0.3, 0.4) is 0 Å². The monoisotopic (exact) mass is 1170 g/mol. The third kappa shape index (κ3) is 69.1. The van der Waals surface area contributed by atoms with Crippen LogP contribution >= 0.6 is 0 Å². The third-order valence-corrected chi connectivity index (χ3v) is 17.7. The van der Waals surface area contributed by atoms with E-state index in [2.05, 4.69) is 43.5 Å². The normalized spacial score (nSPS) is 12.7. The Bertz CT molecular complexity index is 1340. The first kappa shape index (κ1) is 81.1. The largest absolute Gasteiger partial charge is 0.466 e. The Labute approximate surface area is 519 Å². The molecule has 6 nitrogen and oxygen atoms in total. The second-order valence-corrected chi connectivity index (χ2v) is 26.0. The van der Waals surface area contributed by atoms with E-state index in [9.17, 15) is 19.8 Å². The number of amides is 1. The first-order valence-corrected chi connectivity index (χ1v) is 37.8. The number of ether oxygens (including phenoxy) is 1. The van der Waals surface area contributed by atoms with E-state index in [0.717, 1.165) is 51.4 Å². The molecule has 0 bridgehead atoms. The van der Waals surface area contributed by atoms with E-state index in [1.54, 1.807) is 6.08 Å². The topological polar surface area (TPSA) is 95.9 Å². The molecule has 0 spiro atoms. The molecule has 0 fully saturated rings. The SMILES string of the molecule is CCCC/C=C\C/C=C\CCCCCCCC(=O)OCCCCCCCCCCCCCCCCCCCCCCCCCCCCCCCC(=O)NC(CO)C(O)/C=C/CCCCCCCCCCCCCCCCCCCCCCC. The van der Waals surface area contributed by atoms with E-state index in [0.29, 0.717) is 19.4 Å². The predicted octanol–water partition coefficient (Wildman–Crippen LogP) is 24.7. The number of esters is 1. The highest BCUT2D eigenvalue weighted by molar-refractivity contribution is 5.76. The second kappa shape index (κ2) is 72.6. The second-order valence-electron chi connectivity index (χ2n) is 26.0. The van der Waals surface area contributed by atoms with Crippen molar-refractivity contribution in [3.05, 3.63) is 36.5 Å².